The number of nitrogens with one attached hydrogen (secondary N) is 1. The maximum Gasteiger partial charge on any atom is 0.235 e. The van der Waals surface area contributed by atoms with Crippen LogP contribution in [-0.2, 0) is 4.79 Å². The fourth-order valence-electron chi connectivity index (χ4n) is 1.72. The Balaban J connectivity index is 2.18. The third-order valence-electron chi connectivity index (χ3n) is 2.42. The SMILES string of the molecule is O=C(CCl)N[C@@H]1CCOc2ccccc21. The van der Waals surface area contributed by atoms with E-state index in [1.54, 1.807) is 0 Å². The van der Waals surface area contributed by atoms with E-state index in [0.717, 1.165) is 17.7 Å². The average molecular weight is 226 g/mol. The molecule has 0 unspecified atom stereocenters. The highest BCUT2D eigenvalue weighted by Crippen LogP contribution is 2.31. The highest BCUT2D eigenvalue weighted by atomic mass is 35.5. The summed E-state index contributed by atoms with van der Waals surface area (Å²) in [5.41, 5.74) is 1.03. The first-order valence-corrected chi connectivity index (χ1v) is 5.42. The predicted octanol–water partition coefficient (Wildman–Crippen LogP) is 1.87. The van der Waals surface area contributed by atoms with E-state index in [-0.39, 0.29) is 17.8 Å². The second-order valence-electron chi connectivity index (χ2n) is 3.43. The number of rotatable bonds is 2. The Bertz CT molecular complexity index is 367. The summed E-state index contributed by atoms with van der Waals surface area (Å²) in [6, 6.07) is 7.76. The van der Waals surface area contributed by atoms with Gasteiger partial charge in [-0.3, -0.25) is 4.79 Å². The summed E-state index contributed by atoms with van der Waals surface area (Å²) in [5.74, 6) is 0.710. The molecule has 1 heterocycles. The second kappa shape index (κ2) is 4.53. The molecule has 0 saturated heterocycles. The molecular formula is C11H12ClNO2. The quantitative estimate of drug-likeness (QED) is 0.781. The van der Waals surface area contributed by atoms with Gasteiger partial charge in [0.25, 0.3) is 0 Å². The van der Waals surface area contributed by atoms with E-state index in [4.69, 9.17) is 16.3 Å². The van der Waals surface area contributed by atoms with Crippen LogP contribution in [0.25, 0.3) is 0 Å². The van der Waals surface area contributed by atoms with Crippen LogP contribution in [0.1, 0.15) is 18.0 Å². The lowest BCUT2D eigenvalue weighted by molar-refractivity contribution is -0.119. The lowest BCUT2D eigenvalue weighted by atomic mass is 10.0. The fraction of sp³-hybridized carbons (Fsp3) is 0.364. The molecule has 0 fully saturated rings. The first-order valence-electron chi connectivity index (χ1n) is 4.88. The maximum absolute atomic E-state index is 11.2. The van der Waals surface area contributed by atoms with Crippen LogP contribution in [0.15, 0.2) is 24.3 Å². The monoisotopic (exact) mass is 225 g/mol. The molecule has 1 aliphatic rings. The molecule has 80 valence electrons. The van der Waals surface area contributed by atoms with Gasteiger partial charge in [0, 0.05) is 12.0 Å². The molecule has 15 heavy (non-hydrogen) atoms. The first-order chi connectivity index (χ1) is 7.31. The minimum Gasteiger partial charge on any atom is -0.493 e. The lowest BCUT2D eigenvalue weighted by Crippen LogP contribution is -2.32. The lowest BCUT2D eigenvalue weighted by Gasteiger charge is -2.26. The number of carbonyl (C=O) groups excluding carboxylic acids is 1. The number of halogens is 1. The number of fused-ring (bicyclic) bond motifs is 1. The molecule has 1 aromatic carbocycles. The van der Waals surface area contributed by atoms with E-state index in [0.29, 0.717) is 6.61 Å². The van der Waals surface area contributed by atoms with E-state index < -0.39 is 0 Å². The first kappa shape index (κ1) is 10.3. The van der Waals surface area contributed by atoms with Crippen LogP contribution in [0.5, 0.6) is 5.75 Å². The number of hydrogen-bond acceptors (Lipinski definition) is 2. The summed E-state index contributed by atoms with van der Waals surface area (Å²) in [6.45, 7) is 0.629. The topological polar surface area (TPSA) is 38.3 Å². The standard InChI is InChI=1S/C11H12ClNO2/c12-7-11(14)13-9-5-6-15-10-4-2-1-3-8(9)10/h1-4,9H,5-7H2,(H,13,14)/t9-/m1/s1. The number of benzene rings is 1. The highest BCUT2D eigenvalue weighted by Gasteiger charge is 2.21. The Morgan fingerprint density at radius 3 is 3.13 bits per heavy atom. The highest BCUT2D eigenvalue weighted by molar-refractivity contribution is 6.27. The van der Waals surface area contributed by atoms with Gasteiger partial charge in [-0.15, -0.1) is 11.6 Å². The molecule has 0 aromatic heterocycles. The van der Waals surface area contributed by atoms with Crippen molar-refractivity contribution in [2.45, 2.75) is 12.5 Å². The van der Waals surface area contributed by atoms with Gasteiger partial charge >= 0.3 is 0 Å². The number of alkyl halides is 1. The van der Waals surface area contributed by atoms with Crippen molar-refractivity contribution >= 4 is 17.5 Å². The van der Waals surface area contributed by atoms with Crippen LogP contribution in [0, 0.1) is 0 Å². The van der Waals surface area contributed by atoms with Crippen LogP contribution in [0.3, 0.4) is 0 Å². The number of carbonyl (C=O) groups is 1. The van der Waals surface area contributed by atoms with Gasteiger partial charge in [-0.25, -0.2) is 0 Å². The Kier molecular flexibility index (Phi) is 3.11. The van der Waals surface area contributed by atoms with Crippen LogP contribution in [0.4, 0.5) is 0 Å². The Morgan fingerprint density at radius 2 is 2.33 bits per heavy atom. The number of ether oxygens (including phenoxy) is 1. The fourth-order valence-corrected chi connectivity index (χ4v) is 1.80. The second-order valence-corrected chi connectivity index (χ2v) is 3.70. The summed E-state index contributed by atoms with van der Waals surface area (Å²) in [4.78, 5) is 11.2. The molecule has 1 N–H and O–H groups in total. The molecule has 2 rings (SSSR count). The van der Waals surface area contributed by atoms with E-state index in [1.807, 2.05) is 24.3 Å². The zero-order chi connectivity index (χ0) is 10.7. The van der Waals surface area contributed by atoms with Crippen LogP contribution < -0.4 is 10.1 Å². The Morgan fingerprint density at radius 1 is 1.53 bits per heavy atom. The molecule has 0 saturated carbocycles. The van der Waals surface area contributed by atoms with E-state index in [2.05, 4.69) is 5.32 Å². The molecule has 1 aromatic rings. The van der Waals surface area contributed by atoms with Gasteiger partial charge in [0.05, 0.1) is 12.6 Å². The van der Waals surface area contributed by atoms with Gasteiger partial charge in [-0.05, 0) is 6.07 Å². The normalized spacial score (nSPS) is 18.9. The zero-order valence-corrected chi connectivity index (χ0v) is 8.96. The molecule has 0 bridgehead atoms. The van der Waals surface area contributed by atoms with Gasteiger partial charge in [0.15, 0.2) is 0 Å². The number of para-hydroxylation sites is 1. The van der Waals surface area contributed by atoms with Gasteiger partial charge in [0.1, 0.15) is 11.6 Å². The van der Waals surface area contributed by atoms with Crippen molar-refractivity contribution < 1.29 is 9.53 Å². The molecule has 4 heteroatoms. The minimum absolute atomic E-state index is 0.000472. The van der Waals surface area contributed by atoms with E-state index in [9.17, 15) is 4.79 Å². The number of hydrogen-bond donors (Lipinski definition) is 1. The Labute approximate surface area is 93.4 Å². The van der Waals surface area contributed by atoms with Crippen LogP contribution >= 0.6 is 11.6 Å². The van der Waals surface area contributed by atoms with Crippen LogP contribution in [-0.4, -0.2) is 18.4 Å². The molecular weight excluding hydrogens is 214 g/mol. The van der Waals surface area contributed by atoms with Gasteiger partial charge < -0.3 is 10.1 Å². The third-order valence-corrected chi connectivity index (χ3v) is 2.66. The molecule has 3 nitrogen and oxygen atoms in total. The minimum atomic E-state index is -0.140. The van der Waals surface area contributed by atoms with Crippen LogP contribution in [0.2, 0.25) is 0 Å². The van der Waals surface area contributed by atoms with E-state index >= 15 is 0 Å². The van der Waals surface area contributed by atoms with Crippen molar-refractivity contribution in [3.63, 3.8) is 0 Å². The summed E-state index contributed by atoms with van der Waals surface area (Å²) < 4.78 is 5.48. The van der Waals surface area contributed by atoms with Crippen molar-refractivity contribution in [3.05, 3.63) is 29.8 Å². The average Bonchev–Trinajstić information content (AvgIpc) is 2.29. The summed E-state index contributed by atoms with van der Waals surface area (Å²) >= 11 is 5.46. The smallest absolute Gasteiger partial charge is 0.235 e. The summed E-state index contributed by atoms with van der Waals surface area (Å²) in [6.07, 6.45) is 0.791. The molecule has 0 radical (unpaired) electrons. The predicted molar refractivity (Wildman–Crippen MR) is 58.2 cm³/mol. The van der Waals surface area contributed by atoms with Crippen molar-refractivity contribution in [1.29, 1.82) is 0 Å². The third kappa shape index (κ3) is 2.23. The van der Waals surface area contributed by atoms with Crippen molar-refractivity contribution in [2.75, 3.05) is 12.5 Å². The van der Waals surface area contributed by atoms with Crippen molar-refractivity contribution in [2.24, 2.45) is 0 Å². The molecule has 1 aliphatic heterocycles. The van der Waals surface area contributed by atoms with Gasteiger partial charge in [0.2, 0.25) is 5.91 Å². The van der Waals surface area contributed by atoms with Gasteiger partial charge in [-0.1, -0.05) is 18.2 Å². The summed E-state index contributed by atoms with van der Waals surface area (Å²) in [7, 11) is 0. The zero-order valence-electron chi connectivity index (χ0n) is 8.20. The van der Waals surface area contributed by atoms with Gasteiger partial charge in [-0.2, -0.15) is 0 Å². The molecule has 0 aliphatic carbocycles. The van der Waals surface area contributed by atoms with Crippen molar-refractivity contribution in [1.82, 2.24) is 5.32 Å². The summed E-state index contributed by atoms with van der Waals surface area (Å²) in [5, 5.41) is 2.87. The van der Waals surface area contributed by atoms with Crippen molar-refractivity contribution in [3.8, 4) is 5.75 Å². The molecule has 1 atom stereocenters. The largest absolute Gasteiger partial charge is 0.493 e. The number of amides is 1. The Hall–Kier alpha value is -1.22. The molecule has 1 amide bonds. The molecule has 0 spiro atoms. The maximum atomic E-state index is 11.2. The van der Waals surface area contributed by atoms with E-state index in [1.165, 1.54) is 0 Å².